The van der Waals surface area contributed by atoms with Gasteiger partial charge in [-0.05, 0) is 84.0 Å². The Morgan fingerprint density at radius 3 is 2.51 bits per heavy atom. The van der Waals surface area contributed by atoms with Crippen LogP contribution < -0.4 is 15.1 Å². The summed E-state index contributed by atoms with van der Waals surface area (Å²) in [5.74, 6) is 2.15. The van der Waals surface area contributed by atoms with Gasteiger partial charge in [-0.15, -0.1) is 0 Å². The lowest BCUT2D eigenvalue weighted by Crippen LogP contribution is -2.54. The Morgan fingerprint density at radius 2 is 1.80 bits per heavy atom. The van der Waals surface area contributed by atoms with Crippen LogP contribution in [0.5, 0.6) is 0 Å². The van der Waals surface area contributed by atoms with Crippen LogP contribution in [0.1, 0.15) is 57.9 Å². The minimum Gasteiger partial charge on any atom is -0.384 e. The van der Waals surface area contributed by atoms with E-state index in [-0.39, 0.29) is 17.1 Å². The molecule has 3 aliphatic heterocycles. The Bertz CT molecular complexity index is 1440. The van der Waals surface area contributed by atoms with E-state index >= 15 is 0 Å². The standard InChI is InChI=1S/C32H43N7O2/c1-21-17-22(11-12-24(21)38-15-13-37(7)14-16-38)34-29-33-19-23-28(36-29)39(26-18-30(2,3)41-20-32(23,26)6)27-10-8-9-25(35-27)31(4,5)40/h8-12,17,19,26,40H,13-16,18,20H2,1-7H3,(H,33,34,36)/t26-,32-/m0/s1. The van der Waals surface area contributed by atoms with E-state index in [4.69, 9.17) is 19.7 Å². The van der Waals surface area contributed by atoms with E-state index in [1.54, 1.807) is 13.8 Å². The summed E-state index contributed by atoms with van der Waals surface area (Å²) in [7, 11) is 2.18. The third-order valence-corrected chi connectivity index (χ3v) is 9.01. The maximum Gasteiger partial charge on any atom is 0.229 e. The molecule has 2 aromatic heterocycles. The maximum atomic E-state index is 10.7. The molecule has 2 saturated heterocycles. The Kier molecular flexibility index (Phi) is 6.75. The Balaban J connectivity index is 1.35. The molecule has 0 aliphatic carbocycles. The van der Waals surface area contributed by atoms with Crippen LogP contribution in [0.25, 0.3) is 0 Å². The fraction of sp³-hybridized carbons (Fsp3) is 0.531. The molecule has 41 heavy (non-hydrogen) atoms. The number of nitrogens with zero attached hydrogens (tertiary/aromatic N) is 6. The Hall–Kier alpha value is -3.27. The number of pyridine rings is 1. The first-order valence-electron chi connectivity index (χ1n) is 14.7. The van der Waals surface area contributed by atoms with Crippen molar-refractivity contribution in [1.29, 1.82) is 0 Å². The van der Waals surface area contributed by atoms with Crippen molar-refractivity contribution in [2.75, 3.05) is 55.0 Å². The van der Waals surface area contributed by atoms with Crippen LogP contribution >= 0.6 is 0 Å². The third-order valence-electron chi connectivity index (χ3n) is 9.01. The number of aromatic nitrogens is 3. The number of fused-ring (bicyclic) bond motifs is 3. The van der Waals surface area contributed by atoms with Crippen molar-refractivity contribution in [1.82, 2.24) is 19.9 Å². The molecular formula is C32H43N7O2. The lowest BCUT2D eigenvalue weighted by Gasteiger charge is -2.46. The molecule has 1 aromatic carbocycles. The molecule has 0 unspecified atom stereocenters. The summed E-state index contributed by atoms with van der Waals surface area (Å²) in [5.41, 5.74) is 3.52. The van der Waals surface area contributed by atoms with Crippen molar-refractivity contribution in [3.63, 3.8) is 0 Å². The fourth-order valence-electron chi connectivity index (χ4n) is 6.42. The van der Waals surface area contributed by atoms with Crippen LogP contribution in [0.2, 0.25) is 0 Å². The predicted molar refractivity (Wildman–Crippen MR) is 164 cm³/mol. The minimum atomic E-state index is -1.05. The van der Waals surface area contributed by atoms with Gasteiger partial charge in [0.25, 0.3) is 0 Å². The number of ether oxygens (including phenoxy) is 1. The monoisotopic (exact) mass is 557 g/mol. The summed E-state index contributed by atoms with van der Waals surface area (Å²) in [6.45, 7) is 17.0. The molecular weight excluding hydrogens is 514 g/mol. The van der Waals surface area contributed by atoms with E-state index < -0.39 is 5.60 Å². The van der Waals surface area contributed by atoms with E-state index in [1.165, 1.54) is 11.3 Å². The second-order valence-corrected chi connectivity index (χ2v) is 13.3. The van der Waals surface area contributed by atoms with E-state index in [2.05, 4.69) is 73.0 Å². The van der Waals surface area contributed by atoms with Gasteiger partial charge in [0, 0.05) is 54.7 Å². The van der Waals surface area contributed by atoms with E-state index in [9.17, 15) is 5.11 Å². The van der Waals surface area contributed by atoms with Crippen LogP contribution in [0, 0.1) is 6.92 Å². The summed E-state index contributed by atoms with van der Waals surface area (Å²) in [6.07, 6.45) is 2.76. The van der Waals surface area contributed by atoms with Crippen molar-refractivity contribution < 1.29 is 9.84 Å². The number of hydrogen-bond donors (Lipinski definition) is 2. The van der Waals surface area contributed by atoms with Gasteiger partial charge in [-0.3, -0.25) is 0 Å². The van der Waals surface area contributed by atoms with Crippen molar-refractivity contribution in [3.8, 4) is 0 Å². The normalized spacial score (nSPS) is 24.2. The molecule has 2 atom stereocenters. The molecule has 5 heterocycles. The highest BCUT2D eigenvalue weighted by atomic mass is 16.5. The second-order valence-electron chi connectivity index (χ2n) is 13.3. The van der Waals surface area contributed by atoms with Gasteiger partial charge in [0.05, 0.1) is 23.9 Å². The number of anilines is 5. The predicted octanol–water partition coefficient (Wildman–Crippen LogP) is 4.88. The second kappa shape index (κ2) is 9.93. The summed E-state index contributed by atoms with van der Waals surface area (Å²) in [6, 6.07) is 12.4. The zero-order valence-electron chi connectivity index (χ0n) is 25.4. The van der Waals surface area contributed by atoms with Crippen molar-refractivity contribution in [2.24, 2.45) is 0 Å². The van der Waals surface area contributed by atoms with Gasteiger partial charge < -0.3 is 29.9 Å². The largest absolute Gasteiger partial charge is 0.384 e. The van der Waals surface area contributed by atoms with Crippen molar-refractivity contribution >= 4 is 29.0 Å². The fourth-order valence-corrected chi connectivity index (χ4v) is 6.42. The number of piperazine rings is 1. The molecule has 0 saturated carbocycles. The topological polar surface area (TPSA) is 89.9 Å². The van der Waals surface area contributed by atoms with Gasteiger partial charge in [0.2, 0.25) is 5.95 Å². The molecule has 3 aliphatic rings. The number of hydrogen-bond acceptors (Lipinski definition) is 9. The van der Waals surface area contributed by atoms with Crippen LogP contribution in [-0.4, -0.2) is 76.4 Å². The lowest BCUT2D eigenvalue weighted by atomic mass is 9.73. The molecule has 6 rings (SSSR count). The van der Waals surface area contributed by atoms with Gasteiger partial charge in [0.15, 0.2) is 0 Å². The zero-order valence-corrected chi connectivity index (χ0v) is 25.4. The summed E-state index contributed by atoms with van der Waals surface area (Å²) >= 11 is 0. The van der Waals surface area contributed by atoms with Crippen LogP contribution in [0.3, 0.4) is 0 Å². The number of rotatable bonds is 5. The molecule has 9 nitrogen and oxygen atoms in total. The van der Waals surface area contributed by atoms with Gasteiger partial charge in [-0.2, -0.15) is 4.98 Å². The quantitative estimate of drug-likeness (QED) is 0.456. The highest BCUT2D eigenvalue weighted by Gasteiger charge is 2.55. The molecule has 0 radical (unpaired) electrons. The van der Waals surface area contributed by atoms with E-state index in [0.29, 0.717) is 18.2 Å². The van der Waals surface area contributed by atoms with E-state index in [0.717, 1.165) is 55.5 Å². The number of nitrogens with one attached hydrogen (secondary N) is 1. The molecule has 0 amide bonds. The molecule has 0 bridgehead atoms. The molecule has 2 N–H and O–H groups in total. The maximum absolute atomic E-state index is 10.7. The smallest absolute Gasteiger partial charge is 0.229 e. The number of aryl methyl sites for hydroxylation is 1. The molecule has 2 fully saturated rings. The highest BCUT2D eigenvalue weighted by molar-refractivity contribution is 5.71. The molecule has 3 aromatic rings. The van der Waals surface area contributed by atoms with Gasteiger partial charge in [0.1, 0.15) is 17.2 Å². The van der Waals surface area contributed by atoms with Crippen molar-refractivity contribution in [3.05, 3.63) is 59.4 Å². The summed E-state index contributed by atoms with van der Waals surface area (Å²) in [4.78, 5) is 21.9. The van der Waals surface area contributed by atoms with Gasteiger partial charge in [-0.1, -0.05) is 13.0 Å². The number of benzene rings is 1. The van der Waals surface area contributed by atoms with Gasteiger partial charge >= 0.3 is 0 Å². The Labute approximate surface area is 243 Å². The van der Waals surface area contributed by atoms with Crippen LogP contribution in [0.15, 0.2) is 42.6 Å². The van der Waals surface area contributed by atoms with Crippen molar-refractivity contribution in [2.45, 2.75) is 70.6 Å². The third kappa shape index (κ3) is 5.15. The first-order chi connectivity index (χ1) is 19.3. The number of likely N-dealkylation sites (N-methyl/N-ethyl adjacent to an activating group) is 1. The molecule has 0 spiro atoms. The highest BCUT2D eigenvalue weighted by Crippen LogP contribution is 2.53. The molecule has 9 heteroatoms. The summed E-state index contributed by atoms with van der Waals surface area (Å²) in [5, 5.41) is 14.2. The first kappa shape index (κ1) is 27.9. The SMILES string of the molecule is Cc1cc(Nc2ncc3c(n2)N(c2cccc(C(C)(C)O)n2)[C@H]2CC(C)(C)OC[C@@]32C)ccc1N1CCN(C)CC1. The average Bonchev–Trinajstić information content (AvgIpc) is 3.16. The van der Waals surface area contributed by atoms with Crippen LogP contribution in [0.4, 0.5) is 29.0 Å². The lowest BCUT2D eigenvalue weighted by molar-refractivity contribution is -0.0893. The van der Waals surface area contributed by atoms with Gasteiger partial charge in [-0.25, -0.2) is 9.97 Å². The van der Waals surface area contributed by atoms with E-state index in [1.807, 2.05) is 24.4 Å². The van der Waals surface area contributed by atoms with Crippen LogP contribution in [-0.2, 0) is 15.8 Å². The average molecular weight is 558 g/mol. The zero-order chi connectivity index (χ0) is 29.2. The molecule has 218 valence electrons. The summed E-state index contributed by atoms with van der Waals surface area (Å²) < 4.78 is 6.34. The number of aliphatic hydroxyl groups is 1. The minimum absolute atomic E-state index is 0.0838. The Morgan fingerprint density at radius 1 is 1.05 bits per heavy atom. The first-order valence-corrected chi connectivity index (χ1v) is 14.7.